The monoisotopic (exact) mass is 391 g/mol. The molecule has 6 heteroatoms. The van der Waals surface area contributed by atoms with Crippen molar-refractivity contribution in [2.45, 2.75) is 0 Å². The number of carbonyl (C=O) groups is 1. The van der Waals surface area contributed by atoms with Crippen molar-refractivity contribution in [2.24, 2.45) is 4.99 Å². The van der Waals surface area contributed by atoms with Crippen molar-refractivity contribution in [1.82, 2.24) is 0 Å². The summed E-state index contributed by atoms with van der Waals surface area (Å²) in [6, 6.07) is 12.5. The summed E-state index contributed by atoms with van der Waals surface area (Å²) >= 11 is 9.35. The molecule has 23 heavy (non-hydrogen) atoms. The zero-order valence-electron chi connectivity index (χ0n) is 12.0. The molecule has 0 atom stereocenters. The second-order valence-electron chi connectivity index (χ2n) is 4.74. The number of ether oxygens (including phenoxy) is 2. The fourth-order valence-electron chi connectivity index (χ4n) is 2.08. The van der Waals surface area contributed by atoms with E-state index in [4.69, 9.17) is 21.1 Å². The molecule has 1 aliphatic heterocycles. The Bertz CT molecular complexity index is 845. The van der Waals surface area contributed by atoms with Crippen molar-refractivity contribution in [1.29, 1.82) is 0 Å². The van der Waals surface area contributed by atoms with E-state index in [0.29, 0.717) is 16.3 Å². The van der Waals surface area contributed by atoms with Gasteiger partial charge in [-0.05, 0) is 57.9 Å². The lowest BCUT2D eigenvalue weighted by Crippen LogP contribution is -2.05. The molecule has 116 valence electrons. The van der Waals surface area contributed by atoms with Crippen LogP contribution in [-0.4, -0.2) is 19.0 Å². The number of nitrogens with zero attached hydrogens (tertiary/aromatic N) is 1. The Balaban J connectivity index is 1.93. The van der Waals surface area contributed by atoms with Gasteiger partial charge in [0.25, 0.3) is 0 Å². The van der Waals surface area contributed by atoms with Crippen LogP contribution in [0.5, 0.6) is 5.75 Å². The Kier molecular flexibility index (Phi) is 4.50. The van der Waals surface area contributed by atoms with Crippen LogP contribution in [0.4, 0.5) is 0 Å². The highest BCUT2D eigenvalue weighted by Gasteiger charge is 2.24. The molecule has 0 saturated heterocycles. The molecule has 3 rings (SSSR count). The lowest BCUT2D eigenvalue weighted by atomic mass is 10.2. The van der Waals surface area contributed by atoms with Crippen molar-refractivity contribution in [3.63, 3.8) is 0 Å². The summed E-state index contributed by atoms with van der Waals surface area (Å²) in [6.45, 7) is 0. The van der Waals surface area contributed by atoms with E-state index in [0.717, 1.165) is 10.0 Å². The van der Waals surface area contributed by atoms with Gasteiger partial charge in [0.1, 0.15) is 5.75 Å². The summed E-state index contributed by atoms with van der Waals surface area (Å²) in [7, 11) is 1.59. The first-order valence-electron chi connectivity index (χ1n) is 6.69. The van der Waals surface area contributed by atoms with E-state index in [1.165, 1.54) is 0 Å². The summed E-state index contributed by atoms with van der Waals surface area (Å²) in [4.78, 5) is 16.2. The normalized spacial score (nSPS) is 15.5. The third-order valence-electron chi connectivity index (χ3n) is 3.17. The SMILES string of the molecule is COc1ccc(/C=C2\N=C(c3cccc(Cl)c3)OC2=O)cc1Br. The van der Waals surface area contributed by atoms with Crippen LogP contribution in [0, 0.1) is 0 Å². The van der Waals surface area contributed by atoms with Crippen LogP contribution in [0.3, 0.4) is 0 Å². The number of halogens is 2. The third kappa shape index (κ3) is 3.46. The minimum Gasteiger partial charge on any atom is -0.496 e. The predicted octanol–water partition coefficient (Wildman–Crippen LogP) is 4.46. The average molecular weight is 393 g/mol. The Hall–Kier alpha value is -2.11. The Labute approximate surface area is 146 Å². The van der Waals surface area contributed by atoms with Gasteiger partial charge in [-0.3, -0.25) is 0 Å². The number of hydrogen-bond acceptors (Lipinski definition) is 4. The lowest BCUT2D eigenvalue weighted by Gasteiger charge is -2.03. The fourth-order valence-corrected chi connectivity index (χ4v) is 2.83. The van der Waals surface area contributed by atoms with Gasteiger partial charge in [-0.25, -0.2) is 9.79 Å². The quantitative estimate of drug-likeness (QED) is 0.572. The lowest BCUT2D eigenvalue weighted by molar-refractivity contribution is -0.129. The number of cyclic esters (lactones) is 1. The highest BCUT2D eigenvalue weighted by atomic mass is 79.9. The summed E-state index contributed by atoms with van der Waals surface area (Å²) < 4.78 is 11.2. The van der Waals surface area contributed by atoms with Crippen LogP contribution in [0.25, 0.3) is 6.08 Å². The summed E-state index contributed by atoms with van der Waals surface area (Å²) in [6.07, 6.45) is 1.66. The van der Waals surface area contributed by atoms with E-state index in [2.05, 4.69) is 20.9 Å². The van der Waals surface area contributed by atoms with Gasteiger partial charge in [0.2, 0.25) is 5.90 Å². The minimum absolute atomic E-state index is 0.233. The van der Waals surface area contributed by atoms with Crippen LogP contribution >= 0.6 is 27.5 Å². The number of rotatable bonds is 3. The largest absolute Gasteiger partial charge is 0.496 e. The molecular formula is C17H11BrClNO3. The number of hydrogen-bond donors (Lipinski definition) is 0. The first-order valence-corrected chi connectivity index (χ1v) is 7.86. The Morgan fingerprint density at radius 2 is 2.09 bits per heavy atom. The molecule has 0 aromatic heterocycles. The number of esters is 1. The molecule has 0 amide bonds. The minimum atomic E-state index is -0.494. The van der Waals surface area contributed by atoms with Crippen LogP contribution in [0.1, 0.15) is 11.1 Å². The molecule has 2 aromatic rings. The average Bonchev–Trinajstić information content (AvgIpc) is 2.89. The molecule has 0 N–H and O–H groups in total. The highest BCUT2D eigenvalue weighted by molar-refractivity contribution is 9.10. The van der Waals surface area contributed by atoms with E-state index in [-0.39, 0.29) is 11.6 Å². The van der Waals surface area contributed by atoms with Gasteiger partial charge < -0.3 is 9.47 Å². The fraction of sp³-hybridized carbons (Fsp3) is 0.0588. The van der Waals surface area contributed by atoms with Gasteiger partial charge in [0.05, 0.1) is 11.6 Å². The van der Waals surface area contributed by atoms with E-state index in [1.54, 1.807) is 43.5 Å². The first kappa shape index (κ1) is 15.8. The highest BCUT2D eigenvalue weighted by Crippen LogP contribution is 2.27. The van der Waals surface area contributed by atoms with Gasteiger partial charge in [-0.2, -0.15) is 0 Å². The molecule has 1 aliphatic rings. The number of carbonyl (C=O) groups excluding carboxylic acids is 1. The predicted molar refractivity (Wildman–Crippen MR) is 92.8 cm³/mol. The standard InChI is InChI=1S/C17H11BrClNO3/c1-22-15-6-5-10(7-13(15)18)8-14-17(21)23-16(20-14)11-3-2-4-12(19)9-11/h2-9H,1H3/b14-8-. The molecule has 0 fully saturated rings. The maximum absolute atomic E-state index is 12.0. The van der Waals surface area contributed by atoms with Gasteiger partial charge in [0.15, 0.2) is 5.70 Å². The van der Waals surface area contributed by atoms with E-state index >= 15 is 0 Å². The van der Waals surface area contributed by atoms with Crippen molar-refractivity contribution >= 4 is 45.5 Å². The zero-order valence-corrected chi connectivity index (χ0v) is 14.4. The molecule has 0 bridgehead atoms. The second kappa shape index (κ2) is 6.56. The summed E-state index contributed by atoms with van der Waals surface area (Å²) in [5.74, 6) is 0.465. The number of benzene rings is 2. The van der Waals surface area contributed by atoms with Crippen molar-refractivity contribution in [3.05, 3.63) is 68.8 Å². The Morgan fingerprint density at radius 3 is 2.78 bits per heavy atom. The first-order chi connectivity index (χ1) is 11.1. The number of methoxy groups -OCH3 is 1. The van der Waals surface area contributed by atoms with Gasteiger partial charge >= 0.3 is 5.97 Å². The topological polar surface area (TPSA) is 47.9 Å². The maximum atomic E-state index is 12.0. The summed E-state index contributed by atoms with van der Waals surface area (Å²) in [5.41, 5.74) is 1.70. The third-order valence-corrected chi connectivity index (χ3v) is 4.03. The molecule has 0 spiro atoms. The van der Waals surface area contributed by atoms with Crippen molar-refractivity contribution < 1.29 is 14.3 Å². The number of aliphatic imine (C=N–C) groups is 1. The van der Waals surface area contributed by atoms with E-state index < -0.39 is 5.97 Å². The molecule has 0 unspecified atom stereocenters. The van der Waals surface area contributed by atoms with Gasteiger partial charge in [0, 0.05) is 10.6 Å². The van der Waals surface area contributed by atoms with Crippen molar-refractivity contribution in [2.75, 3.05) is 7.11 Å². The molecule has 2 aromatic carbocycles. The Morgan fingerprint density at radius 1 is 1.26 bits per heavy atom. The maximum Gasteiger partial charge on any atom is 0.363 e. The van der Waals surface area contributed by atoms with Crippen LogP contribution < -0.4 is 4.74 Å². The smallest absolute Gasteiger partial charge is 0.363 e. The van der Waals surface area contributed by atoms with Gasteiger partial charge in [-0.15, -0.1) is 0 Å². The molecule has 0 saturated carbocycles. The molecule has 0 radical (unpaired) electrons. The van der Waals surface area contributed by atoms with Crippen molar-refractivity contribution in [3.8, 4) is 5.75 Å². The second-order valence-corrected chi connectivity index (χ2v) is 6.03. The molecule has 4 nitrogen and oxygen atoms in total. The van der Waals surface area contributed by atoms with E-state index in [1.807, 2.05) is 12.1 Å². The molecule has 0 aliphatic carbocycles. The van der Waals surface area contributed by atoms with E-state index in [9.17, 15) is 4.79 Å². The molecular weight excluding hydrogens is 382 g/mol. The van der Waals surface area contributed by atoms with Crippen LogP contribution in [0.2, 0.25) is 5.02 Å². The zero-order chi connectivity index (χ0) is 16.4. The molecule has 1 heterocycles. The summed E-state index contributed by atoms with van der Waals surface area (Å²) in [5, 5.41) is 0.553. The van der Waals surface area contributed by atoms with Crippen LogP contribution in [0.15, 0.2) is 57.6 Å². The van der Waals surface area contributed by atoms with Gasteiger partial charge in [-0.1, -0.05) is 23.7 Å². The van der Waals surface area contributed by atoms with Crippen LogP contribution in [-0.2, 0) is 9.53 Å².